The highest BCUT2D eigenvalue weighted by Gasteiger charge is 2.22. The van der Waals surface area contributed by atoms with Gasteiger partial charge >= 0.3 is 0 Å². The zero-order valence-electron chi connectivity index (χ0n) is 9.88. The Hall–Kier alpha value is -1.49. The SMILES string of the molecule is NC(=O)CCN1CCC(c2ncccn2)CC1. The molecule has 1 aliphatic rings. The zero-order valence-corrected chi connectivity index (χ0v) is 9.88. The van der Waals surface area contributed by atoms with Gasteiger partial charge in [0, 0.05) is 31.3 Å². The summed E-state index contributed by atoms with van der Waals surface area (Å²) in [6, 6.07) is 1.84. The molecule has 2 N–H and O–H groups in total. The number of amides is 1. The summed E-state index contributed by atoms with van der Waals surface area (Å²) in [4.78, 5) is 21.6. The van der Waals surface area contributed by atoms with E-state index in [0.717, 1.165) is 38.3 Å². The van der Waals surface area contributed by atoms with Crippen molar-refractivity contribution >= 4 is 5.91 Å². The Labute approximate surface area is 101 Å². The molecule has 0 saturated carbocycles. The molecule has 0 bridgehead atoms. The highest BCUT2D eigenvalue weighted by atomic mass is 16.1. The van der Waals surface area contributed by atoms with Crippen LogP contribution in [0.4, 0.5) is 0 Å². The summed E-state index contributed by atoms with van der Waals surface area (Å²) in [5, 5.41) is 0. The van der Waals surface area contributed by atoms with Gasteiger partial charge in [0.2, 0.25) is 5.91 Å². The predicted molar refractivity (Wildman–Crippen MR) is 64.3 cm³/mol. The average molecular weight is 234 g/mol. The van der Waals surface area contributed by atoms with Crippen LogP contribution in [0.15, 0.2) is 18.5 Å². The van der Waals surface area contributed by atoms with Gasteiger partial charge in [-0.3, -0.25) is 4.79 Å². The molecule has 1 aromatic rings. The van der Waals surface area contributed by atoms with E-state index in [0.29, 0.717) is 12.3 Å². The number of hydrogen-bond acceptors (Lipinski definition) is 4. The number of hydrogen-bond donors (Lipinski definition) is 1. The second-order valence-electron chi connectivity index (χ2n) is 4.44. The van der Waals surface area contributed by atoms with Crippen LogP contribution in [0.5, 0.6) is 0 Å². The third-order valence-electron chi connectivity index (χ3n) is 3.21. The molecule has 1 amide bonds. The fourth-order valence-electron chi connectivity index (χ4n) is 2.20. The smallest absolute Gasteiger partial charge is 0.218 e. The number of carbonyl (C=O) groups excluding carboxylic acids is 1. The van der Waals surface area contributed by atoms with E-state index >= 15 is 0 Å². The number of piperidine rings is 1. The molecule has 2 heterocycles. The van der Waals surface area contributed by atoms with E-state index in [1.54, 1.807) is 12.4 Å². The Bertz CT molecular complexity index is 360. The maximum Gasteiger partial charge on any atom is 0.218 e. The van der Waals surface area contributed by atoms with E-state index in [2.05, 4.69) is 14.9 Å². The molecular weight excluding hydrogens is 216 g/mol. The number of nitrogens with zero attached hydrogens (tertiary/aromatic N) is 3. The van der Waals surface area contributed by atoms with Crippen LogP contribution in [0, 0.1) is 0 Å². The number of rotatable bonds is 4. The van der Waals surface area contributed by atoms with Gasteiger partial charge in [0.1, 0.15) is 5.82 Å². The van der Waals surface area contributed by atoms with Crippen LogP contribution >= 0.6 is 0 Å². The molecule has 0 radical (unpaired) electrons. The minimum Gasteiger partial charge on any atom is -0.370 e. The van der Waals surface area contributed by atoms with Gasteiger partial charge in [-0.15, -0.1) is 0 Å². The molecule has 2 rings (SSSR count). The number of primary amides is 1. The molecule has 5 nitrogen and oxygen atoms in total. The Morgan fingerprint density at radius 2 is 2.00 bits per heavy atom. The summed E-state index contributed by atoms with van der Waals surface area (Å²) in [5.41, 5.74) is 5.14. The van der Waals surface area contributed by atoms with E-state index in [1.165, 1.54) is 0 Å². The molecule has 5 heteroatoms. The van der Waals surface area contributed by atoms with Crippen LogP contribution in [0.1, 0.15) is 31.0 Å². The standard InChI is InChI=1S/C12H18N4O/c13-11(17)4-9-16-7-2-10(3-8-16)12-14-5-1-6-15-12/h1,5-6,10H,2-4,7-9H2,(H2,13,17). The van der Waals surface area contributed by atoms with E-state index in [1.807, 2.05) is 6.07 Å². The van der Waals surface area contributed by atoms with Crippen LogP contribution in [-0.2, 0) is 4.79 Å². The van der Waals surface area contributed by atoms with Gasteiger partial charge in [-0.05, 0) is 32.0 Å². The van der Waals surface area contributed by atoms with E-state index < -0.39 is 0 Å². The largest absolute Gasteiger partial charge is 0.370 e. The van der Waals surface area contributed by atoms with E-state index in [-0.39, 0.29) is 5.91 Å². The normalized spacial score (nSPS) is 18.1. The lowest BCUT2D eigenvalue weighted by Crippen LogP contribution is -2.35. The molecule has 1 aromatic heterocycles. The van der Waals surface area contributed by atoms with Gasteiger partial charge in [-0.1, -0.05) is 0 Å². The van der Waals surface area contributed by atoms with Crippen LogP contribution in [0.3, 0.4) is 0 Å². The van der Waals surface area contributed by atoms with Crippen molar-refractivity contribution in [2.24, 2.45) is 5.73 Å². The minimum absolute atomic E-state index is 0.224. The van der Waals surface area contributed by atoms with Crippen molar-refractivity contribution < 1.29 is 4.79 Å². The molecule has 0 aliphatic carbocycles. The summed E-state index contributed by atoms with van der Waals surface area (Å²) in [6.45, 7) is 2.77. The molecule has 1 aliphatic heterocycles. The van der Waals surface area contributed by atoms with Crippen LogP contribution in [-0.4, -0.2) is 40.4 Å². The van der Waals surface area contributed by atoms with Gasteiger partial charge < -0.3 is 10.6 Å². The fourth-order valence-corrected chi connectivity index (χ4v) is 2.20. The van der Waals surface area contributed by atoms with E-state index in [4.69, 9.17) is 5.73 Å². The van der Waals surface area contributed by atoms with E-state index in [9.17, 15) is 4.79 Å². The first-order chi connectivity index (χ1) is 8.25. The van der Waals surface area contributed by atoms with Gasteiger partial charge in [0.15, 0.2) is 0 Å². The summed E-state index contributed by atoms with van der Waals surface area (Å²) >= 11 is 0. The third kappa shape index (κ3) is 3.49. The monoisotopic (exact) mass is 234 g/mol. The van der Waals surface area contributed by atoms with Crippen molar-refractivity contribution in [1.29, 1.82) is 0 Å². The van der Waals surface area contributed by atoms with Crippen molar-refractivity contribution in [2.75, 3.05) is 19.6 Å². The molecular formula is C12H18N4O. The van der Waals surface area contributed by atoms with Crippen molar-refractivity contribution in [3.63, 3.8) is 0 Å². The van der Waals surface area contributed by atoms with Gasteiger partial charge in [-0.2, -0.15) is 0 Å². The Morgan fingerprint density at radius 1 is 1.35 bits per heavy atom. The highest BCUT2D eigenvalue weighted by Crippen LogP contribution is 2.24. The molecule has 0 atom stereocenters. The molecule has 17 heavy (non-hydrogen) atoms. The fraction of sp³-hybridized carbons (Fsp3) is 0.583. The molecule has 0 unspecified atom stereocenters. The Kier molecular flexibility index (Phi) is 4.03. The summed E-state index contributed by atoms with van der Waals surface area (Å²) in [6.07, 6.45) is 6.15. The minimum atomic E-state index is -0.224. The quantitative estimate of drug-likeness (QED) is 0.825. The summed E-state index contributed by atoms with van der Waals surface area (Å²) < 4.78 is 0. The first-order valence-corrected chi connectivity index (χ1v) is 6.03. The molecule has 1 saturated heterocycles. The topological polar surface area (TPSA) is 72.1 Å². The molecule has 0 spiro atoms. The number of likely N-dealkylation sites (tertiary alicyclic amines) is 1. The average Bonchev–Trinajstić information content (AvgIpc) is 2.38. The lowest BCUT2D eigenvalue weighted by molar-refractivity contribution is -0.118. The van der Waals surface area contributed by atoms with Crippen LogP contribution in [0.2, 0.25) is 0 Å². The lowest BCUT2D eigenvalue weighted by atomic mass is 9.96. The van der Waals surface area contributed by atoms with Crippen molar-refractivity contribution in [3.8, 4) is 0 Å². The molecule has 1 fully saturated rings. The second-order valence-corrected chi connectivity index (χ2v) is 4.44. The summed E-state index contributed by atoms with van der Waals surface area (Å²) in [5.74, 6) is 1.18. The van der Waals surface area contributed by atoms with Crippen molar-refractivity contribution in [3.05, 3.63) is 24.3 Å². The second kappa shape index (κ2) is 5.72. The van der Waals surface area contributed by atoms with Crippen LogP contribution in [0.25, 0.3) is 0 Å². The van der Waals surface area contributed by atoms with Crippen molar-refractivity contribution in [1.82, 2.24) is 14.9 Å². The Balaban J connectivity index is 1.80. The molecule has 0 aromatic carbocycles. The maximum absolute atomic E-state index is 10.7. The zero-order chi connectivity index (χ0) is 12.1. The lowest BCUT2D eigenvalue weighted by Gasteiger charge is -2.30. The van der Waals surface area contributed by atoms with Gasteiger partial charge in [-0.25, -0.2) is 9.97 Å². The third-order valence-corrected chi connectivity index (χ3v) is 3.21. The van der Waals surface area contributed by atoms with Crippen LogP contribution < -0.4 is 5.73 Å². The summed E-state index contributed by atoms with van der Waals surface area (Å²) in [7, 11) is 0. The maximum atomic E-state index is 10.7. The van der Waals surface area contributed by atoms with Gasteiger partial charge in [0.25, 0.3) is 0 Å². The number of carbonyl (C=O) groups is 1. The molecule has 92 valence electrons. The number of nitrogens with two attached hydrogens (primary N) is 1. The first-order valence-electron chi connectivity index (χ1n) is 6.03. The predicted octanol–water partition coefficient (Wildman–Crippen LogP) is 0.531. The van der Waals surface area contributed by atoms with Gasteiger partial charge in [0.05, 0.1) is 0 Å². The van der Waals surface area contributed by atoms with Crippen molar-refractivity contribution in [2.45, 2.75) is 25.2 Å². The Morgan fingerprint density at radius 3 is 2.59 bits per heavy atom. The number of aromatic nitrogens is 2. The first kappa shape index (κ1) is 12.0. The highest BCUT2D eigenvalue weighted by molar-refractivity contribution is 5.73.